The number of nitrogens with one attached hydrogen (secondary N) is 1. The van der Waals surface area contributed by atoms with Crippen LogP contribution in [0, 0.1) is 12.7 Å². The maximum absolute atomic E-state index is 14.2. The summed E-state index contributed by atoms with van der Waals surface area (Å²) in [5.74, 6) is -0.942. The summed E-state index contributed by atoms with van der Waals surface area (Å²) < 4.78 is 31.6. The summed E-state index contributed by atoms with van der Waals surface area (Å²) in [6.07, 6.45) is -0.384. The molecule has 3 aromatic carbocycles. The SMILES string of the molecule is Cc1ccc2c(c1)OC[C@H](COc1cc(Cl)c(C(=O)Nc3cc(F)cc(C(C)(C)C(=O)O)c3)cc1Cl)O2. The van der Waals surface area contributed by atoms with E-state index in [2.05, 4.69) is 5.32 Å². The highest BCUT2D eigenvalue weighted by molar-refractivity contribution is 6.37. The number of benzene rings is 3. The second-order valence-corrected chi connectivity index (χ2v) is 10.0. The Kier molecular flexibility index (Phi) is 7.52. The monoisotopic (exact) mass is 547 g/mol. The van der Waals surface area contributed by atoms with E-state index in [0.717, 1.165) is 17.7 Å². The van der Waals surface area contributed by atoms with Crippen molar-refractivity contribution in [1.82, 2.24) is 0 Å². The minimum Gasteiger partial charge on any atom is -0.488 e. The van der Waals surface area contributed by atoms with Crippen molar-refractivity contribution in [3.63, 3.8) is 0 Å². The number of hydrogen-bond donors (Lipinski definition) is 2. The third kappa shape index (κ3) is 5.92. The molecule has 3 aromatic rings. The first-order valence-corrected chi connectivity index (χ1v) is 12.1. The van der Waals surface area contributed by atoms with Gasteiger partial charge in [-0.15, -0.1) is 0 Å². The first-order valence-electron chi connectivity index (χ1n) is 11.3. The number of aliphatic carboxylic acids is 1. The number of halogens is 3. The van der Waals surface area contributed by atoms with Gasteiger partial charge in [-0.1, -0.05) is 29.3 Å². The molecule has 0 saturated heterocycles. The third-order valence-corrected chi connectivity index (χ3v) is 6.53. The zero-order valence-corrected chi connectivity index (χ0v) is 21.7. The quantitative estimate of drug-likeness (QED) is 0.361. The molecule has 0 bridgehead atoms. The van der Waals surface area contributed by atoms with Crippen LogP contribution in [0.3, 0.4) is 0 Å². The van der Waals surface area contributed by atoms with Crippen LogP contribution < -0.4 is 19.5 Å². The molecular formula is C27H24Cl2FNO6. The summed E-state index contributed by atoms with van der Waals surface area (Å²) in [6, 6.07) is 12.0. The number of fused-ring (bicyclic) bond motifs is 1. The van der Waals surface area contributed by atoms with Crippen LogP contribution in [0.25, 0.3) is 0 Å². The number of carbonyl (C=O) groups is 2. The van der Waals surface area contributed by atoms with Gasteiger partial charge in [-0.2, -0.15) is 0 Å². The van der Waals surface area contributed by atoms with Crippen LogP contribution in [-0.4, -0.2) is 36.3 Å². The van der Waals surface area contributed by atoms with E-state index >= 15 is 0 Å². The predicted octanol–water partition coefficient (Wildman–Crippen LogP) is 6.27. The lowest BCUT2D eigenvalue weighted by atomic mass is 9.84. The molecule has 1 heterocycles. The van der Waals surface area contributed by atoms with Gasteiger partial charge in [0, 0.05) is 11.8 Å². The molecule has 0 aromatic heterocycles. The number of carboxylic acids is 1. The van der Waals surface area contributed by atoms with Crippen LogP contribution in [0.15, 0.2) is 48.5 Å². The zero-order chi connectivity index (χ0) is 26.9. The Balaban J connectivity index is 1.45. The van der Waals surface area contributed by atoms with Crippen LogP contribution >= 0.6 is 23.2 Å². The molecule has 1 atom stereocenters. The Bertz CT molecular complexity index is 1380. The van der Waals surface area contributed by atoms with Gasteiger partial charge in [-0.25, -0.2) is 4.39 Å². The topological polar surface area (TPSA) is 94.1 Å². The number of carboxylic acid groups (broad SMARTS) is 1. The molecule has 4 rings (SSSR count). The van der Waals surface area contributed by atoms with Crippen LogP contribution in [0.5, 0.6) is 17.2 Å². The number of hydrogen-bond acceptors (Lipinski definition) is 5. The highest BCUT2D eigenvalue weighted by Crippen LogP contribution is 2.35. The van der Waals surface area contributed by atoms with E-state index in [1.807, 2.05) is 25.1 Å². The molecule has 0 saturated carbocycles. The van der Waals surface area contributed by atoms with Gasteiger partial charge in [-0.3, -0.25) is 9.59 Å². The summed E-state index contributed by atoms with van der Waals surface area (Å²) in [7, 11) is 0. The molecule has 37 heavy (non-hydrogen) atoms. The van der Waals surface area contributed by atoms with Crippen molar-refractivity contribution in [2.45, 2.75) is 32.3 Å². The smallest absolute Gasteiger partial charge is 0.313 e. The summed E-state index contributed by atoms with van der Waals surface area (Å²) in [5, 5.41) is 12.2. The number of aryl methyl sites for hydroxylation is 1. The number of anilines is 1. The van der Waals surface area contributed by atoms with Gasteiger partial charge in [0.2, 0.25) is 0 Å². The maximum atomic E-state index is 14.2. The lowest BCUT2D eigenvalue weighted by Crippen LogP contribution is -2.34. The van der Waals surface area contributed by atoms with E-state index in [-0.39, 0.29) is 51.9 Å². The first-order chi connectivity index (χ1) is 17.4. The van der Waals surface area contributed by atoms with E-state index in [4.69, 9.17) is 37.4 Å². The number of ether oxygens (including phenoxy) is 3. The number of carbonyl (C=O) groups excluding carboxylic acids is 1. The molecule has 0 unspecified atom stereocenters. The normalized spacial score (nSPS) is 14.7. The molecule has 194 valence electrons. The highest BCUT2D eigenvalue weighted by atomic mass is 35.5. The minimum absolute atomic E-state index is 0.0314. The first kappa shape index (κ1) is 26.6. The van der Waals surface area contributed by atoms with Crippen molar-refractivity contribution in [2.75, 3.05) is 18.5 Å². The average Bonchev–Trinajstić information content (AvgIpc) is 2.83. The van der Waals surface area contributed by atoms with Crippen LogP contribution in [0.1, 0.15) is 35.3 Å². The van der Waals surface area contributed by atoms with Crippen molar-refractivity contribution in [2.24, 2.45) is 0 Å². The fourth-order valence-corrected chi connectivity index (χ4v) is 4.10. The third-order valence-electron chi connectivity index (χ3n) is 5.92. The fourth-order valence-electron chi connectivity index (χ4n) is 3.64. The molecule has 0 aliphatic carbocycles. The molecule has 2 N–H and O–H groups in total. The summed E-state index contributed by atoms with van der Waals surface area (Å²) >= 11 is 12.7. The number of rotatable bonds is 7. The van der Waals surface area contributed by atoms with Crippen LogP contribution in [0.4, 0.5) is 10.1 Å². The molecule has 0 radical (unpaired) electrons. The standard InChI is InChI=1S/C27H24Cl2FNO6/c1-14-4-5-22-24(6-14)36-13-18(37-22)12-35-23-11-20(28)19(10-21(23)29)25(32)31-17-8-15(7-16(30)9-17)27(2,3)26(33)34/h4-11,18H,12-13H2,1-3H3,(H,31,32)(H,33,34)/t18-/m0/s1. The Morgan fingerprint density at radius 3 is 2.59 bits per heavy atom. The Hall–Kier alpha value is -3.49. The molecule has 7 nitrogen and oxygen atoms in total. The van der Waals surface area contributed by atoms with E-state index < -0.39 is 23.1 Å². The second kappa shape index (κ2) is 10.5. The van der Waals surface area contributed by atoms with Gasteiger partial charge in [0.05, 0.1) is 21.0 Å². The predicted molar refractivity (Wildman–Crippen MR) is 138 cm³/mol. The molecule has 1 aliphatic rings. The molecule has 10 heteroatoms. The summed E-state index contributed by atoms with van der Waals surface area (Å²) in [6.45, 7) is 5.26. The van der Waals surface area contributed by atoms with Gasteiger partial charge in [0.1, 0.15) is 24.8 Å². The molecular weight excluding hydrogens is 524 g/mol. The van der Waals surface area contributed by atoms with Crippen LogP contribution in [0.2, 0.25) is 10.0 Å². The summed E-state index contributed by atoms with van der Waals surface area (Å²) in [5.41, 5.74) is -0.00895. The van der Waals surface area contributed by atoms with Gasteiger partial charge in [0.25, 0.3) is 5.91 Å². The summed E-state index contributed by atoms with van der Waals surface area (Å²) in [4.78, 5) is 24.4. The van der Waals surface area contributed by atoms with Crippen molar-refractivity contribution in [3.8, 4) is 17.2 Å². The fraction of sp³-hybridized carbons (Fsp3) is 0.259. The Labute approximate surface area is 223 Å². The largest absolute Gasteiger partial charge is 0.488 e. The lowest BCUT2D eigenvalue weighted by Gasteiger charge is -2.27. The van der Waals surface area contributed by atoms with Crippen molar-refractivity contribution < 1.29 is 33.3 Å². The second-order valence-electron chi connectivity index (χ2n) is 9.19. The van der Waals surface area contributed by atoms with Gasteiger partial charge < -0.3 is 24.6 Å². The molecule has 0 spiro atoms. The van der Waals surface area contributed by atoms with E-state index in [9.17, 15) is 19.1 Å². The zero-order valence-electron chi connectivity index (χ0n) is 20.2. The molecule has 0 fully saturated rings. The molecule has 1 aliphatic heterocycles. The van der Waals surface area contributed by atoms with Crippen molar-refractivity contribution >= 4 is 40.8 Å². The Morgan fingerprint density at radius 1 is 1.11 bits per heavy atom. The van der Waals surface area contributed by atoms with E-state index in [1.165, 1.54) is 32.0 Å². The number of amides is 1. The van der Waals surface area contributed by atoms with E-state index in [0.29, 0.717) is 11.5 Å². The van der Waals surface area contributed by atoms with Crippen LogP contribution in [-0.2, 0) is 10.2 Å². The van der Waals surface area contributed by atoms with Crippen molar-refractivity contribution in [1.29, 1.82) is 0 Å². The van der Waals surface area contributed by atoms with Gasteiger partial charge in [0.15, 0.2) is 17.6 Å². The maximum Gasteiger partial charge on any atom is 0.313 e. The van der Waals surface area contributed by atoms with Crippen molar-refractivity contribution in [3.05, 3.63) is 81.1 Å². The lowest BCUT2D eigenvalue weighted by molar-refractivity contribution is -0.142. The highest BCUT2D eigenvalue weighted by Gasteiger charge is 2.30. The van der Waals surface area contributed by atoms with E-state index in [1.54, 1.807) is 0 Å². The Morgan fingerprint density at radius 2 is 1.86 bits per heavy atom. The van der Waals surface area contributed by atoms with Gasteiger partial charge in [-0.05, 0) is 68.3 Å². The average molecular weight is 548 g/mol. The molecule has 1 amide bonds. The minimum atomic E-state index is -1.37. The van der Waals surface area contributed by atoms with Gasteiger partial charge >= 0.3 is 5.97 Å².